The summed E-state index contributed by atoms with van der Waals surface area (Å²) >= 11 is 0. The Balaban J connectivity index is 2.06. The molecule has 0 aliphatic carbocycles. The Morgan fingerprint density at radius 2 is 2.15 bits per heavy atom. The van der Waals surface area contributed by atoms with Gasteiger partial charge in [0.25, 0.3) is 5.91 Å². The molecule has 0 spiro atoms. The van der Waals surface area contributed by atoms with E-state index in [1.807, 2.05) is 13.8 Å². The van der Waals surface area contributed by atoms with Crippen LogP contribution in [0.4, 0.5) is 4.79 Å². The molecule has 20 heavy (non-hydrogen) atoms. The molecular weight excluding hydrogens is 264 g/mol. The van der Waals surface area contributed by atoms with Gasteiger partial charge in [-0.15, -0.1) is 0 Å². The summed E-state index contributed by atoms with van der Waals surface area (Å²) in [5, 5.41) is 11.4. The van der Waals surface area contributed by atoms with E-state index in [9.17, 15) is 14.4 Å². The molecule has 0 bridgehead atoms. The zero-order valence-corrected chi connectivity index (χ0v) is 11.3. The van der Waals surface area contributed by atoms with Crippen molar-refractivity contribution >= 4 is 17.9 Å². The summed E-state index contributed by atoms with van der Waals surface area (Å²) in [4.78, 5) is 35.6. The monoisotopic (exact) mass is 280 g/mol. The second-order valence-corrected chi connectivity index (χ2v) is 5.13. The maximum absolute atomic E-state index is 12.1. The Kier molecular flexibility index (Phi) is 3.78. The number of carbonyl (C=O) groups is 3. The average molecular weight is 280 g/mol. The Hall–Kier alpha value is -2.31. The number of amides is 3. The zero-order valence-electron chi connectivity index (χ0n) is 11.3. The molecule has 3 amide bonds. The van der Waals surface area contributed by atoms with Crippen molar-refractivity contribution in [2.45, 2.75) is 32.9 Å². The molecule has 1 fully saturated rings. The minimum atomic E-state index is -1.19. The van der Waals surface area contributed by atoms with Crippen molar-refractivity contribution in [1.82, 2.24) is 10.2 Å². The lowest BCUT2D eigenvalue weighted by molar-refractivity contribution is -0.128. The number of rotatable bonds is 5. The van der Waals surface area contributed by atoms with E-state index in [-0.39, 0.29) is 29.9 Å². The first-order valence-electron chi connectivity index (χ1n) is 6.32. The van der Waals surface area contributed by atoms with Gasteiger partial charge in [0.15, 0.2) is 0 Å². The number of hydrogen-bond acceptors (Lipinski definition) is 4. The van der Waals surface area contributed by atoms with E-state index in [0.717, 1.165) is 4.90 Å². The summed E-state index contributed by atoms with van der Waals surface area (Å²) in [6, 6.07) is 1.74. The molecule has 1 unspecified atom stereocenters. The highest BCUT2D eigenvalue weighted by Crippen LogP contribution is 2.18. The standard InChI is InChI=1S/C13H16N2O5/c1-7(2)5-9-11(16)15(13(19)14-9)6-8-3-4-10(20-8)12(17)18/h3-4,7,9H,5-6H2,1-2H3,(H,14,19)(H,17,18). The number of aromatic carboxylic acids is 1. The second-order valence-electron chi connectivity index (χ2n) is 5.13. The van der Waals surface area contributed by atoms with Gasteiger partial charge < -0.3 is 14.8 Å². The molecule has 1 saturated heterocycles. The highest BCUT2D eigenvalue weighted by molar-refractivity contribution is 6.04. The van der Waals surface area contributed by atoms with Gasteiger partial charge in [0.05, 0.1) is 6.54 Å². The van der Waals surface area contributed by atoms with Crippen molar-refractivity contribution in [3.63, 3.8) is 0 Å². The zero-order chi connectivity index (χ0) is 14.9. The van der Waals surface area contributed by atoms with E-state index in [2.05, 4.69) is 5.32 Å². The van der Waals surface area contributed by atoms with Crippen LogP contribution in [0, 0.1) is 5.92 Å². The van der Waals surface area contributed by atoms with Crippen LogP contribution in [-0.2, 0) is 11.3 Å². The number of carboxylic acid groups (broad SMARTS) is 1. The third kappa shape index (κ3) is 2.81. The highest BCUT2D eigenvalue weighted by Gasteiger charge is 2.38. The topological polar surface area (TPSA) is 99.8 Å². The largest absolute Gasteiger partial charge is 0.475 e. The molecule has 7 nitrogen and oxygen atoms in total. The van der Waals surface area contributed by atoms with Gasteiger partial charge in [0, 0.05) is 0 Å². The molecule has 1 aromatic rings. The van der Waals surface area contributed by atoms with Crippen molar-refractivity contribution < 1.29 is 23.9 Å². The van der Waals surface area contributed by atoms with Gasteiger partial charge in [-0.3, -0.25) is 9.69 Å². The number of imide groups is 1. The molecule has 1 aliphatic rings. The van der Waals surface area contributed by atoms with E-state index < -0.39 is 18.0 Å². The van der Waals surface area contributed by atoms with Crippen LogP contribution in [0.3, 0.4) is 0 Å². The normalized spacial score (nSPS) is 18.8. The summed E-state index contributed by atoms with van der Waals surface area (Å²) in [6.07, 6.45) is 0.569. The van der Waals surface area contributed by atoms with Crippen LogP contribution in [0.25, 0.3) is 0 Å². The smallest absolute Gasteiger partial charge is 0.371 e. The van der Waals surface area contributed by atoms with Crippen LogP contribution >= 0.6 is 0 Å². The lowest BCUT2D eigenvalue weighted by Crippen LogP contribution is -2.31. The number of carbonyl (C=O) groups excluding carboxylic acids is 2. The van der Waals surface area contributed by atoms with Crippen LogP contribution in [-0.4, -0.2) is 34.0 Å². The van der Waals surface area contributed by atoms with Gasteiger partial charge in [-0.2, -0.15) is 0 Å². The van der Waals surface area contributed by atoms with Gasteiger partial charge >= 0.3 is 12.0 Å². The fraction of sp³-hybridized carbons (Fsp3) is 0.462. The molecule has 0 saturated carbocycles. The van der Waals surface area contributed by atoms with E-state index in [0.29, 0.717) is 6.42 Å². The van der Waals surface area contributed by atoms with Crippen molar-refractivity contribution in [1.29, 1.82) is 0 Å². The fourth-order valence-corrected chi connectivity index (χ4v) is 2.09. The minimum absolute atomic E-state index is 0.0630. The third-order valence-electron chi connectivity index (χ3n) is 3.00. The molecule has 0 radical (unpaired) electrons. The lowest BCUT2D eigenvalue weighted by atomic mass is 10.0. The van der Waals surface area contributed by atoms with E-state index in [1.165, 1.54) is 12.1 Å². The average Bonchev–Trinajstić information content (AvgIpc) is 2.90. The molecule has 2 N–H and O–H groups in total. The number of hydrogen-bond donors (Lipinski definition) is 2. The minimum Gasteiger partial charge on any atom is -0.475 e. The SMILES string of the molecule is CC(C)CC1NC(=O)N(Cc2ccc(C(=O)O)o2)C1=O. The predicted octanol–water partition coefficient (Wildman–Crippen LogP) is 1.44. The van der Waals surface area contributed by atoms with Gasteiger partial charge in [0.2, 0.25) is 5.76 Å². The molecule has 0 aromatic carbocycles. The number of furan rings is 1. The molecule has 2 heterocycles. The molecule has 1 aromatic heterocycles. The van der Waals surface area contributed by atoms with Crippen LogP contribution < -0.4 is 5.32 Å². The first-order valence-corrected chi connectivity index (χ1v) is 6.32. The van der Waals surface area contributed by atoms with Gasteiger partial charge in [-0.1, -0.05) is 13.8 Å². The maximum atomic E-state index is 12.1. The Bertz CT molecular complexity index is 549. The van der Waals surface area contributed by atoms with Crippen LogP contribution in [0.1, 0.15) is 36.6 Å². The molecule has 7 heteroatoms. The Labute approximate surface area is 115 Å². The highest BCUT2D eigenvalue weighted by atomic mass is 16.4. The number of carboxylic acids is 1. The van der Waals surface area contributed by atoms with Crippen molar-refractivity contribution in [3.05, 3.63) is 23.7 Å². The van der Waals surface area contributed by atoms with E-state index in [1.54, 1.807) is 0 Å². The second kappa shape index (κ2) is 5.36. The Morgan fingerprint density at radius 1 is 1.45 bits per heavy atom. The third-order valence-corrected chi connectivity index (χ3v) is 3.00. The summed E-state index contributed by atoms with van der Waals surface area (Å²) in [5.74, 6) is -1.17. The van der Waals surface area contributed by atoms with Gasteiger partial charge in [-0.05, 0) is 24.5 Å². The van der Waals surface area contributed by atoms with Crippen LogP contribution in [0.5, 0.6) is 0 Å². The van der Waals surface area contributed by atoms with Gasteiger partial charge in [0.1, 0.15) is 11.8 Å². The number of nitrogens with zero attached hydrogens (tertiary/aromatic N) is 1. The van der Waals surface area contributed by atoms with E-state index in [4.69, 9.17) is 9.52 Å². The van der Waals surface area contributed by atoms with Crippen molar-refractivity contribution in [3.8, 4) is 0 Å². The predicted molar refractivity (Wildman–Crippen MR) is 68.0 cm³/mol. The molecule has 108 valence electrons. The summed E-state index contributed by atoms with van der Waals surface area (Å²) in [5.41, 5.74) is 0. The molecule has 2 rings (SSSR count). The quantitative estimate of drug-likeness (QED) is 0.795. The van der Waals surface area contributed by atoms with Crippen molar-refractivity contribution in [2.75, 3.05) is 0 Å². The van der Waals surface area contributed by atoms with Crippen LogP contribution in [0.15, 0.2) is 16.5 Å². The molecule has 1 atom stereocenters. The fourth-order valence-electron chi connectivity index (χ4n) is 2.09. The van der Waals surface area contributed by atoms with Crippen LogP contribution in [0.2, 0.25) is 0 Å². The van der Waals surface area contributed by atoms with E-state index >= 15 is 0 Å². The van der Waals surface area contributed by atoms with Gasteiger partial charge in [-0.25, -0.2) is 9.59 Å². The number of urea groups is 1. The lowest BCUT2D eigenvalue weighted by Gasteiger charge is -2.12. The first kappa shape index (κ1) is 14.1. The summed E-state index contributed by atoms with van der Waals surface area (Å²) in [6.45, 7) is 3.87. The van der Waals surface area contributed by atoms with Crippen molar-refractivity contribution in [2.24, 2.45) is 5.92 Å². The maximum Gasteiger partial charge on any atom is 0.371 e. The first-order chi connectivity index (χ1) is 9.38. The molecular formula is C13H16N2O5. The Morgan fingerprint density at radius 3 is 2.70 bits per heavy atom. The summed E-state index contributed by atoms with van der Waals surface area (Å²) in [7, 11) is 0. The number of nitrogens with one attached hydrogen (secondary N) is 1. The summed E-state index contributed by atoms with van der Waals surface area (Å²) < 4.78 is 5.05. The molecule has 1 aliphatic heterocycles.